The third-order valence-electron chi connectivity index (χ3n) is 5.42. The van der Waals surface area contributed by atoms with Crippen molar-refractivity contribution in [1.82, 2.24) is 15.6 Å². The quantitative estimate of drug-likeness (QED) is 0.458. The van der Waals surface area contributed by atoms with Gasteiger partial charge in [0.2, 0.25) is 0 Å². The number of para-hydroxylation sites is 1. The smallest absolute Gasteiger partial charge is 0.405 e. The molecule has 1 heterocycles. The van der Waals surface area contributed by atoms with Crippen LogP contribution < -0.4 is 10.6 Å². The first kappa shape index (κ1) is 24.7. The number of alkyl halides is 3. The van der Waals surface area contributed by atoms with Crippen molar-refractivity contribution < 1.29 is 37.4 Å². The molecule has 4 rings (SSSR count). The molecule has 11 heteroatoms. The molecule has 3 aromatic rings. The van der Waals surface area contributed by atoms with Crippen LogP contribution in [0.1, 0.15) is 33.6 Å². The monoisotopic (exact) mass is 499 g/mol. The molecule has 186 valence electrons. The summed E-state index contributed by atoms with van der Waals surface area (Å²) in [5.74, 6) is -1.76. The minimum Gasteiger partial charge on any atom is -0.508 e. The van der Waals surface area contributed by atoms with E-state index < -0.39 is 37.2 Å². The highest BCUT2D eigenvalue weighted by Crippen LogP contribution is 2.37. The summed E-state index contributed by atoms with van der Waals surface area (Å²) in [5.41, 5.74) is 3.76. The van der Waals surface area contributed by atoms with Crippen molar-refractivity contribution in [3.63, 3.8) is 0 Å². The fraction of sp³-hybridized carbons (Fsp3) is 0.200. The predicted molar refractivity (Wildman–Crippen MR) is 124 cm³/mol. The number of halogens is 3. The Balaban J connectivity index is 1.55. The summed E-state index contributed by atoms with van der Waals surface area (Å²) >= 11 is 0. The second kappa shape index (κ2) is 10.1. The molecule has 0 atom stereocenters. The number of carbonyl (C=O) groups excluding carboxylic acids is 3. The Hall–Kier alpha value is -4.41. The topological polar surface area (TPSA) is 118 Å². The van der Waals surface area contributed by atoms with E-state index in [4.69, 9.17) is 9.72 Å². The van der Waals surface area contributed by atoms with Crippen LogP contribution in [-0.2, 0) is 16.0 Å². The highest BCUT2D eigenvalue weighted by molar-refractivity contribution is 6.08. The normalized spacial score (nSPS) is 13.9. The lowest BCUT2D eigenvalue weighted by Gasteiger charge is -2.13. The molecule has 1 aromatic heterocycles. The lowest BCUT2D eigenvalue weighted by atomic mass is 10.0. The van der Waals surface area contributed by atoms with E-state index in [2.05, 4.69) is 0 Å². The number of rotatable bonds is 5. The van der Waals surface area contributed by atoms with Crippen molar-refractivity contribution in [3.8, 4) is 5.75 Å². The Bertz CT molecular complexity index is 1370. The zero-order valence-corrected chi connectivity index (χ0v) is 18.7. The number of pyridine rings is 1. The van der Waals surface area contributed by atoms with Crippen molar-refractivity contribution in [1.29, 1.82) is 0 Å². The van der Waals surface area contributed by atoms with Gasteiger partial charge in [0.25, 0.3) is 5.91 Å². The van der Waals surface area contributed by atoms with Crippen molar-refractivity contribution >= 4 is 40.5 Å². The number of ether oxygens (including phenoxy) is 1. The highest BCUT2D eigenvalue weighted by Gasteiger charge is 2.29. The van der Waals surface area contributed by atoms with Crippen LogP contribution in [0, 0.1) is 0 Å². The van der Waals surface area contributed by atoms with Crippen LogP contribution >= 0.6 is 0 Å². The van der Waals surface area contributed by atoms with Crippen molar-refractivity contribution in [3.05, 3.63) is 70.9 Å². The van der Waals surface area contributed by atoms with E-state index >= 15 is 0 Å². The van der Waals surface area contributed by atoms with Gasteiger partial charge in [0.05, 0.1) is 16.8 Å². The molecular formula is C25H20F3N3O5. The fourth-order valence-electron chi connectivity index (χ4n) is 3.87. The first-order valence-corrected chi connectivity index (χ1v) is 10.8. The van der Waals surface area contributed by atoms with Crippen LogP contribution in [0.25, 0.3) is 22.6 Å². The van der Waals surface area contributed by atoms with Crippen LogP contribution in [0.5, 0.6) is 5.75 Å². The van der Waals surface area contributed by atoms with Gasteiger partial charge in [-0.25, -0.2) is 14.6 Å². The Morgan fingerprint density at radius 3 is 2.50 bits per heavy atom. The number of allylic oxidation sites excluding steroid dienone is 1. The second-order valence-electron chi connectivity index (χ2n) is 8.01. The lowest BCUT2D eigenvalue weighted by molar-refractivity contribution is -0.125. The number of fused-ring (bicyclic) bond motifs is 2. The number of nitrogens with zero attached hydrogens (tertiary/aromatic N) is 1. The molecule has 8 nitrogen and oxygen atoms in total. The summed E-state index contributed by atoms with van der Waals surface area (Å²) in [7, 11) is 0. The molecule has 0 fully saturated rings. The molecule has 0 bridgehead atoms. The average Bonchev–Trinajstić information content (AvgIpc) is 3.22. The molecule has 0 saturated carbocycles. The summed E-state index contributed by atoms with van der Waals surface area (Å²) in [5, 5.41) is 13.2. The molecule has 1 aliphatic rings. The summed E-state index contributed by atoms with van der Waals surface area (Å²) in [4.78, 5) is 41.1. The third kappa shape index (κ3) is 5.80. The summed E-state index contributed by atoms with van der Waals surface area (Å²) < 4.78 is 41.7. The molecule has 0 spiro atoms. The number of aromatic hydroxyl groups is 1. The maximum absolute atomic E-state index is 13.0. The first-order valence-electron chi connectivity index (χ1n) is 10.8. The van der Waals surface area contributed by atoms with Gasteiger partial charge >= 0.3 is 18.2 Å². The van der Waals surface area contributed by atoms with Crippen LogP contribution in [0.4, 0.5) is 18.0 Å². The van der Waals surface area contributed by atoms with Gasteiger partial charge in [0, 0.05) is 5.39 Å². The van der Waals surface area contributed by atoms with Gasteiger partial charge in [0.1, 0.15) is 12.3 Å². The van der Waals surface area contributed by atoms with Gasteiger partial charge in [-0.15, -0.1) is 0 Å². The van der Waals surface area contributed by atoms with Crippen LogP contribution in [0.2, 0.25) is 0 Å². The van der Waals surface area contributed by atoms with Crippen molar-refractivity contribution in [2.75, 3.05) is 13.2 Å². The largest absolute Gasteiger partial charge is 0.508 e. The Kier molecular flexibility index (Phi) is 6.91. The number of imide groups is 1. The number of benzene rings is 2. The fourth-order valence-corrected chi connectivity index (χ4v) is 3.87. The van der Waals surface area contributed by atoms with Crippen LogP contribution in [-0.4, -0.2) is 47.3 Å². The molecular weight excluding hydrogens is 479 g/mol. The number of carbonyl (C=O) groups is 3. The molecule has 0 unspecified atom stereocenters. The zero-order chi connectivity index (χ0) is 25.9. The number of phenolic OH excluding ortho intramolecular Hbond substituents is 1. The van der Waals surface area contributed by atoms with Gasteiger partial charge in [-0.3, -0.25) is 10.1 Å². The molecule has 0 saturated heterocycles. The van der Waals surface area contributed by atoms with E-state index in [1.165, 1.54) is 5.32 Å². The maximum atomic E-state index is 13.0. The Morgan fingerprint density at radius 1 is 1.06 bits per heavy atom. The number of urea groups is 1. The number of phenols is 1. The van der Waals surface area contributed by atoms with Crippen LogP contribution in [0.15, 0.2) is 48.5 Å². The van der Waals surface area contributed by atoms with E-state index in [0.29, 0.717) is 35.0 Å². The average molecular weight is 499 g/mol. The number of amides is 3. The number of hydrogen-bond acceptors (Lipinski definition) is 6. The van der Waals surface area contributed by atoms with Crippen LogP contribution in [0.3, 0.4) is 0 Å². The highest BCUT2D eigenvalue weighted by atomic mass is 19.4. The minimum absolute atomic E-state index is 0.139. The molecule has 0 aliphatic heterocycles. The van der Waals surface area contributed by atoms with Gasteiger partial charge in [-0.2, -0.15) is 13.2 Å². The lowest BCUT2D eigenvalue weighted by Crippen LogP contribution is -2.44. The number of aromatic nitrogens is 1. The number of hydrogen-bond donors (Lipinski definition) is 3. The second-order valence-corrected chi connectivity index (χ2v) is 8.01. The summed E-state index contributed by atoms with van der Waals surface area (Å²) in [6.45, 7) is -2.47. The van der Waals surface area contributed by atoms with E-state index in [-0.39, 0.29) is 11.3 Å². The molecule has 3 amide bonds. The Morgan fingerprint density at radius 2 is 1.78 bits per heavy atom. The summed E-state index contributed by atoms with van der Waals surface area (Å²) in [6.07, 6.45) is -1.63. The number of nitrogens with one attached hydrogen (secondary N) is 2. The standard InChI is InChI=1S/C25H20F3N3O5/c26-25(27,28)13-29-24(35)31-20(33)12-36-23(34)21-17-3-1-2-4-19(17)30-22-15(7-10-18(21)22)11-14-5-8-16(32)9-6-14/h1-6,8-9,11,32H,7,10,12-13H2,(H2,29,31,33,35)/b15-11+. The van der Waals surface area contributed by atoms with E-state index in [1.807, 2.05) is 6.08 Å². The third-order valence-corrected chi connectivity index (χ3v) is 5.42. The molecule has 1 aliphatic carbocycles. The van der Waals surface area contributed by atoms with E-state index in [0.717, 1.165) is 11.1 Å². The van der Waals surface area contributed by atoms with Gasteiger partial charge in [-0.1, -0.05) is 30.3 Å². The van der Waals surface area contributed by atoms with Gasteiger partial charge < -0.3 is 15.2 Å². The maximum Gasteiger partial charge on any atom is 0.405 e. The zero-order valence-electron chi connectivity index (χ0n) is 18.7. The SMILES string of the molecule is O=C(COC(=O)c1c2c(nc3ccccc13)/C(=C/c1ccc(O)cc1)CC2)NC(=O)NCC(F)(F)F. The van der Waals surface area contributed by atoms with Gasteiger partial charge in [-0.05, 0) is 53.8 Å². The minimum atomic E-state index is -4.63. The van der Waals surface area contributed by atoms with E-state index in [1.54, 1.807) is 53.8 Å². The molecule has 3 N–H and O–H groups in total. The predicted octanol–water partition coefficient (Wildman–Crippen LogP) is 3.97. The Labute approximate surface area is 202 Å². The molecule has 0 radical (unpaired) electrons. The first-order chi connectivity index (χ1) is 17.1. The molecule has 2 aromatic carbocycles. The van der Waals surface area contributed by atoms with Crippen molar-refractivity contribution in [2.24, 2.45) is 0 Å². The van der Waals surface area contributed by atoms with Crippen molar-refractivity contribution in [2.45, 2.75) is 19.0 Å². The van der Waals surface area contributed by atoms with E-state index in [9.17, 15) is 32.7 Å². The number of esters is 1. The summed E-state index contributed by atoms with van der Waals surface area (Å²) in [6, 6.07) is 12.2. The molecule has 36 heavy (non-hydrogen) atoms. The van der Waals surface area contributed by atoms with Gasteiger partial charge in [0.15, 0.2) is 6.61 Å².